The molecule has 2 aliphatic heterocycles. The van der Waals surface area contributed by atoms with Crippen LogP contribution in [0.2, 0.25) is 0 Å². The largest absolute Gasteiger partial charge is 0.494 e. The topological polar surface area (TPSA) is 37.8 Å². The summed E-state index contributed by atoms with van der Waals surface area (Å²) in [5, 5.41) is 0. The second kappa shape index (κ2) is 7.54. The zero-order chi connectivity index (χ0) is 17.9. The number of hydrogen-bond acceptors (Lipinski definition) is 5. The van der Waals surface area contributed by atoms with E-state index in [-0.39, 0.29) is 6.10 Å². The molecule has 1 aromatic carbocycles. The molecule has 2 aliphatic rings. The predicted octanol–water partition coefficient (Wildman–Crippen LogP) is 3.13. The molecule has 3 heterocycles. The third kappa shape index (κ3) is 3.63. The lowest BCUT2D eigenvalue weighted by Gasteiger charge is -2.35. The number of nitrogens with zero attached hydrogens (tertiary/aromatic N) is 3. The number of aromatic nitrogens is 1. The lowest BCUT2D eigenvalue weighted by Crippen LogP contribution is -2.46. The zero-order valence-electron chi connectivity index (χ0n) is 15.6. The highest BCUT2D eigenvalue weighted by Crippen LogP contribution is 2.35. The van der Waals surface area contributed by atoms with Gasteiger partial charge in [0.2, 0.25) is 0 Å². The number of piperazine rings is 1. The van der Waals surface area contributed by atoms with Gasteiger partial charge in [0, 0.05) is 56.5 Å². The highest BCUT2D eigenvalue weighted by molar-refractivity contribution is 5.49. The van der Waals surface area contributed by atoms with Crippen LogP contribution in [0.15, 0.2) is 36.5 Å². The number of fused-ring (bicyclic) bond motifs is 1. The molecule has 5 heteroatoms. The molecule has 138 valence electrons. The smallest absolute Gasteiger partial charge is 0.128 e. The Bertz CT molecular complexity index is 742. The lowest BCUT2D eigenvalue weighted by atomic mass is 10.1. The number of anilines is 1. The Kier molecular flexibility index (Phi) is 4.98. The van der Waals surface area contributed by atoms with Gasteiger partial charge >= 0.3 is 0 Å². The van der Waals surface area contributed by atoms with Gasteiger partial charge in [-0.3, -0.25) is 4.90 Å². The molecule has 0 spiro atoms. The van der Waals surface area contributed by atoms with Crippen LogP contribution in [0.25, 0.3) is 0 Å². The first kappa shape index (κ1) is 17.2. The molecule has 2 aromatic rings. The number of rotatable bonds is 5. The van der Waals surface area contributed by atoms with Crippen molar-refractivity contribution in [1.29, 1.82) is 0 Å². The fourth-order valence-corrected chi connectivity index (χ4v) is 3.81. The molecule has 0 N–H and O–H groups in total. The summed E-state index contributed by atoms with van der Waals surface area (Å²) in [6, 6.07) is 10.5. The second-order valence-corrected chi connectivity index (χ2v) is 7.08. The molecule has 0 aliphatic carbocycles. The molecule has 1 aromatic heterocycles. The van der Waals surface area contributed by atoms with Crippen molar-refractivity contribution in [3.8, 4) is 11.5 Å². The van der Waals surface area contributed by atoms with Crippen molar-refractivity contribution in [3.05, 3.63) is 47.7 Å². The number of ether oxygens (including phenoxy) is 2. The van der Waals surface area contributed by atoms with Crippen LogP contribution < -0.4 is 14.4 Å². The van der Waals surface area contributed by atoms with E-state index in [1.54, 1.807) is 0 Å². The fourth-order valence-electron chi connectivity index (χ4n) is 3.81. The van der Waals surface area contributed by atoms with Gasteiger partial charge in [-0.15, -0.1) is 0 Å². The van der Waals surface area contributed by atoms with Crippen LogP contribution in [-0.2, 0) is 13.0 Å². The van der Waals surface area contributed by atoms with E-state index < -0.39 is 0 Å². The summed E-state index contributed by atoms with van der Waals surface area (Å²) in [7, 11) is 0. The quantitative estimate of drug-likeness (QED) is 0.826. The highest BCUT2D eigenvalue weighted by atomic mass is 16.5. The summed E-state index contributed by atoms with van der Waals surface area (Å²) in [6.45, 7) is 9.80. The van der Waals surface area contributed by atoms with Gasteiger partial charge in [-0.05, 0) is 38.1 Å². The predicted molar refractivity (Wildman–Crippen MR) is 103 cm³/mol. The van der Waals surface area contributed by atoms with Crippen molar-refractivity contribution < 1.29 is 9.47 Å². The summed E-state index contributed by atoms with van der Waals surface area (Å²) in [5.41, 5.74) is 2.50. The summed E-state index contributed by atoms with van der Waals surface area (Å²) in [5.74, 6) is 3.11. The van der Waals surface area contributed by atoms with Gasteiger partial charge in [0.1, 0.15) is 23.4 Å². The summed E-state index contributed by atoms with van der Waals surface area (Å²) < 4.78 is 11.9. The van der Waals surface area contributed by atoms with Gasteiger partial charge in [-0.2, -0.15) is 0 Å². The molecule has 0 radical (unpaired) electrons. The minimum atomic E-state index is 0.261. The van der Waals surface area contributed by atoms with Crippen molar-refractivity contribution in [1.82, 2.24) is 9.88 Å². The molecule has 0 bridgehead atoms. The Labute approximate surface area is 155 Å². The lowest BCUT2D eigenvalue weighted by molar-refractivity contribution is 0.240. The molecule has 1 fully saturated rings. The van der Waals surface area contributed by atoms with E-state index >= 15 is 0 Å². The maximum Gasteiger partial charge on any atom is 0.128 e. The maximum absolute atomic E-state index is 5.95. The van der Waals surface area contributed by atoms with E-state index in [0.29, 0.717) is 6.61 Å². The first-order valence-electron chi connectivity index (χ1n) is 9.56. The summed E-state index contributed by atoms with van der Waals surface area (Å²) in [6.07, 6.45) is 3.09. The van der Waals surface area contributed by atoms with Crippen LogP contribution in [0.5, 0.6) is 11.5 Å². The standard InChI is InChI=1S/C21H27N3O2/c1-3-25-19-13-17-12-16(2)26-20(17)14-18(19)15-23-8-10-24(11-9-23)21-6-4-5-7-22-21/h4-7,13-14,16H,3,8-12,15H2,1-2H3. The van der Waals surface area contributed by atoms with Crippen molar-refractivity contribution in [2.45, 2.75) is 32.9 Å². The van der Waals surface area contributed by atoms with Gasteiger partial charge in [0.05, 0.1) is 6.61 Å². The minimum Gasteiger partial charge on any atom is -0.494 e. The number of benzene rings is 1. The third-order valence-corrected chi connectivity index (χ3v) is 5.12. The van der Waals surface area contributed by atoms with Crippen molar-refractivity contribution >= 4 is 5.82 Å². The van der Waals surface area contributed by atoms with Gasteiger partial charge in [0.15, 0.2) is 0 Å². The van der Waals surface area contributed by atoms with E-state index in [1.165, 1.54) is 11.1 Å². The number of pyridine rings is 1. The van der Waals surface area contributed by atoms with E-state index in [4.69, 9.17) is 9.47 Å². The Morgan fingerprint density at radius 1 is 1.19 bits per heavy atom. The Hall–Kier alpha value is -2.27. The minimum absolute atomic E-state index is 0.261. The Morgan fingerprint density at radius 2 is 2.04 bits per heavy atom. The zero-order valence-corrected chi connectivity index (χ0v) is 15.6. The average molecular weight is 353 g/mol. The summed E-state index contributed by atoms with van der Waals surface area (Å²) in [4.78, 5) is 9.31. The Balaban J connectivity index is 1.44. The molecule has 0 saturated carbocycles. The van der Waals surface area contributed by atoms with E-state index in [9.17, 15) is 0 Å². The normalized spacial score (nSPS) is 19.9. The monoisotopic (exact) mass is 353 g/mol. The molecule has 5 nitrogen and oxygen atoms in total. The van der Waals surface area contributed by atoms with E-state index in [2.05, 4.69) is 46.0 Å². The number of hydrogen-bond donors (Lipinski definition) is 0. The molecular formula is C21H27N3O2. The molecule has 1 saturated heterocycles. The van der Waals surface area contributed by atoms with E-state index in [0.717, 1.165) is 56.5 Å². The second-order valence-electron chi connectivity index (χ2n) is 7.08. The van der Waals surface area contributed by atoms with Gasteiger partial charge in [-0.1, -0.05) is 6.07 Å². The van der Waals surface area contributed by atoms with Crippen molar-refractivity contribution in [2.24, 2.45) is 0 Å². The SMILES string of the molecule is CCOc1cc2c(cc1CN1CCN(c3ccccn3)CC1)OC(C)C2. The van der Waals surface area contributed by atoms with E-state index in [1.807, 2.05) is 19.2 Å². The van der Waals surface area contributed by atoms with Crippen LogP contribution >= 0.6 is 0 Å². The van der Waals surface area contributed by atoms with Crippen LogP contribution in [0.1, 0.15) is 25.0 Å². The first-order valence-corrected chi connectivity index (χ1v) is 9.56. The first-order chi connectivity index (χ1) is 12.7. The Morgan fingerprint density at radius 3 is 2.77 bits per heavy atom. The van der Waals surface area contributed by atoms with Crippen LogP contribution in [0, 0.1) is 0 Å². The average Bonchev–Trinajstić information content (AvgIpc) is 3.02. The maximum atomic E-state index is 5.95. The highest BCUT2D eigenvalue weighted by Gasteiger charge is 2.24. The summed E-state index contributed by atoms with van der Waals surface area (Å²) >= 11 is 0. The molecule has 1 unspecified atom stereocenters. The third-order valence-electron chi connectivity index (χ3n) is 5.12. The van der Waals surface area contributed by atoms with Crippen LogP contribution in [-0.4, -0.2) is 48.8 Å². The molecular weight excluding hydrogens is 326 g/mol. The molecule has 1 atom stereocenters. The molecule has 26 heavy (non-hydrogen) atoms. The molecule has 0 amide bonds. The van der Waals surface area contributed by atoms with Gasteiger partial charge in [-0.25, -0.2) is 4.98 Å². The fraction of sp³-hybridized carbons (Fsp3) is 0.476. The van der Waals surface area contributed by atoms with Crippen LogP contribution in [0.4, 0.5) is 5.82 Å². The van der Waals surface area contributed by atoms with Crippen molar-refractivity contribution in [2.75, 3.05) is 37.7 Å². The molecule has 4 rings (SSSR count). The van der Waals surface area contributed by atoms with Crippen LogP contribution in [0.3, 0.4) is 0 Å². The van der Waals surface area contributed by atoms with Gasteiger partial charge < -0.3 is 14.4 Å². The van der Waals surface area contributed by atoms with Crippen molar-refractivity contribution in [3.63, 3.8) is 0 Å². The van der Waals surface area contributed by atoms with Gasteiger partial charge in [0.25, 0.3) is 0 Å².